The quantitative estimate of drug-likeness (QED) is 0.893. The van der Waals surface area contributed by atoms with Gasteiger partial charge in [0.05, 0.1) is 34.3 Å². The Balaban J connectivity index is 1.92. The maximum absolute atomic E-state index is 11.9. The number of ether oxygens (including phenoxy) is 1. The van der Waals surface area contributed by atoms with Crippen LogP contribution in [0.2, 0.25) is 5.02 Å². The van der Waals surface area contributed by atoms with Gasteiger partial charge in [-0.25, -0.2) is 0 Å². The fourth-order valence-corrected chi connectivity index (χ4v) is 2.30. The predicted molar refractivity (Wildman–Crippen MR) is 75.0 cm³/mol. The number of anilines is 1. The van der Waals surface area contributed by atoms with Crippen LogP contribution in [-0.4, -0.2) is 31.7 Å². The normalized spacial score (nSPS) is 19.6. The first kappa shape index (κ1) is 13.8. The molecule has 6 heteroatoms. The van der Waals surface area contributed by atoms with Crippen molar-refractivity contribution >= 4 is 39.1 Å². The van der Waals surface area contributed by atoms with Crippen LogP contribution in [0.4, 0.5) is 5.69 Å². The van der Waals surface area contributed by atoms with Crippen LogP contribution >= 0.6 is 27.5 Å². The van der Waals surface area contributed by atoms with E-state index >= 15 is 0 Å². The molecule has 0 spiro atoms. The number of hydrogen-bond acceptors (Lipinski definition) is 3. The second kappa shape index (κ2) is 6.52. The van der Waals surface area contributed by atoms with E-state index in [1.54, 1.807) is 18.2 Å². The lowest BCUT2D eigenvalue weighted by Gasteiger charge is -2.23. The molecule has 0 radical (unpaired) electrons. The second-order valence-corrected chi connectivity index (χ2v) is 5.25. The smallest absolute Gasteiger partial charge is 0.227 e. The lowest BCUT2D eigenvalue weighted by molar-refractivity contribution is -0.119. The summed E-state index contributed by atoms with van der Waals surface area (Å²) >= 11 is 9.30. The largest absolute Gasteiger partial charge is 0.375 e. The van der Waals surface area contributed by atoms with Gasteiger partial charge in [0.15, 0.2) is 0 Å². The maximum atomic E-state index is 11.9. The van der Waals surface area contributed by atoms with Crippen LogP contribution in [-0.2, 0) is 9.53 Å². The number of morpholine rings is 1. The van der Waals surface area contributed by atoms with Crippen molar-refractivity contribution in [2.45, 2.75) is 12.5 Å². The van der Waals surface area contributed by atoms with Crippen molar-refractivity contribution in [1.82, 2.24) is 5.32 Å². The average molecular weight is 334 g/mol. The molecule has 1 aliphatic heterocycles. The summed E-state index contributed by atoms with van der Waals surface area (Å²) in [6, 6.07) is 5.35. The first-order valence-electron chi connectivity index (χ1n) is 5.73. The highest BCUT2D eigenvalue weighted by molar-refractivity contribution is 9.10. The van der Waals surface area contributed by atoms with Gasteiger partial charge in [-0.1, -0.05) is 17.7 Å². The van der Waals surface area contributed by atoms with Gasteiger partial charge in [0, 0.05) is 13.1 Å². The molecule has 1 aliphatic rings. The van der Waals surface area contributed by atoms with Crippen LogP contribution in [0.1, 0.15) is 6.42 Å². The number of carbonyl (C=O) groups is 1. The molecule has 0 aromatic heterocycles. The van der Waals surface area contributed by atoms with Crippen molar-refractivity contribution in [3.63, 3.8) is 0 Å². The van der Waals surface area contributed by atoms with Crippen LogP contribution in [0.3, 0.4) is 0 Å². The zero-order valence-electron chi connectivity index (χ0n) is 9.71. The standard InChI is InChI=1S/C12H14BrClN2O2/c13-12-9(14)2-1-3-10(12)16-11(17)6-8-7-15-4-5-18-8/h1-3,8,15H,4-7H2,(H,16,17). The van der Waals surface area contributed by atoms with E-state index in [1.807, 2.05) is 0 Å². The van der Waals surface area contributed by atoms with E-state index < -0.39 is 0 Å². The highest BCUT2D eigenvalue weighted by atomic mass is 79.9. The van der Waals surface area contributed by atoms with Gasteiger partial charge in [-0.3, -0.25) is 4.79 Å². The highest BCUT2D eigenvalue weighted by Gasteiger charge is 2.18. The molecule has 0 bridgehead atoms. The molecule has 2 rings (SSSR count). The summed E-state index contributed by atoms with van der Waals surface area (Å²) in [5, 5.41) is 6.58. The lowest BCUT2D eigenvalue weighted by Crippen LogP contribution is -2.40. The number of benzene rings is 1. The van der Waals surface area contributed by atoms with Crippen molar-refractivity contribution in [2.24, 2.45) is 0 Å². The zero-order valence-corrected chi connectivity index (χ0v) is 12.1. The molecule has 1 atom stereocenters. The van der Waals surface area contributed by atoms with Crippen molar-refractivity contribution in [3.05, 3.63) is 27.7 Å². The van der Waals surface area contributed by atoms with Gasteiger partial charge in [0.2, 0.25) is 5.91 Å². The molecule has 2 N–H and O–H groups in total. The van der Waals surface area contributed by atoms with Gasteiger partial charge in [-0.15, -0.1) is 0 Å². The molecule has 1 amide bonds. The molecule has 0 saturated carbocycles. The summed E-state index contributed by atoms with van der Waals surface area (Å²) in [6.07, 6.45) is 0.281. The van der Waals surface area contributed by atoms with Crippen molar-refractivity contribution < 1.29 is 9.53 Å². The Labute approximate surface area is 119 Å². The van der Waals surface area contributed by atoms with Gasteiger partial charge in [-0.2, -0.15) is 0 Å². The van der Waals surface area contributed by atoms with Gasteiger partial charge in [0.25, 0.3) is 0 Å². The van der Waals surface area contributed by atoms with E-state index in [-0.39, 0.29) is 12.0 Å². The molecule has 1 fully saturated rings. The number of halogens is 2. The Hall–Kier alpha value is -0.620. The van der Waals surface area contributed by atoms with Gasteiger partial charge >= 0.3 is 0 Å². The van der Waals surface area contributed by atoms with Crippen LogP contribution in [0.25, 0.3) is 0 Å². The Morgan fingerprint density at radius 3 is 3.17 bits per heavy atom. The monoisotopic (exact) mass is 332 g/mol. The summed E-state index contributed by atoms with van der Waals surface area (Å²) in [5.41, 5.74) is 0.677. The van der Waals surface area contributed by atoms with Gasteiger partial charge in [-0.05, 0) is 28.1 Å². The fourth-order valence-electron chi connectivity index (χ4n) is 1.76. The van der Waals surface area contributed by atoms with E-state index in [0.29, 0.717) is 34.8 Å². The third kappa shape index (κ3) is 3.68. The van der Waals surface area contributed by atoms with E-state index in [9.17, 15) is 4.79 Å². The SMILES string of the molecule is O=C(CC1CNCCO1)Nc1cccc(Cl)c1Br. The summed E-state index contributed by atoms with van der Waals surface area (Å²) in [5.74, 6) is -0.0772. The summed E-state index contributed by atoms with van der Waals surface area (Å²) in [4.78, 5) is 11.9. The average Bonchev–Trinajstić information content (AvgIpc) is 2.36. The summed E-state index contributed by atoms with van der Waals surface area (Å²) < 4.78 is 6.18. The van der Waals surface area contributed by atoms with Crippen molar-refractivity contribution in [3.8, 4) is 0 Å². The molecule has 18 heavy (non-hydrogen) atoms. The molecular weight excluding hydrogens is 320 g/mol. The number of hydrogen-bond donors (Lipinski definition) is 2. The van der Waals surface area contributed by atoms with Crippen molar-refractivity contribution in [1.29, 1.82) is 0 Å². The van der Waals surface area contributed by atoms with Crippen LogP contribution < -0.4 is 10.6 Å². The number of carbonyl (C=O) groups excluding carboxylic acids is 1. The second-order valence-electron chi connectivity index (χ2n) is 4.05. The molecule has 0 aliphatic carbocycles. The van der Waals surface area contributed by atoms with Gasteiger partial charge in [0.1, 0.15) is 0 Å². The summed E-state index contributed by atoms with van der Waals surface area (Å²) in [7, 11) is 0. The molecule has 1 aromatic carbocycles. The highest BCUT2D eigenvalue weighted by Crippen LogP contribution is 2.30. The number of amides is 1. The number of rotatable bonds is 3. The van der Waals surface area contributed by atoms with E-state index in [0.717, 1.165) is 6.54 Å². The predicted octanol–water partition coefficient (Wildman–Crippen LogP) is 2.42. The fraction of sp³-hybridized carbons (Fsp3) is 0.417. The maximum Gasteiger partial charge on any atom is 0.227 e. The van der Waals surface area contributed by atoms with E-state index in [2.05, 4.69) is 26.6 Å². The lowest BCUT2D eigenvalue weighted by atomic mass is 10.2. The van der Waals surface area contributed by atoms with Crippen LogP contribution in [0.15, 0.2) is 22.7 Å². The van der Waals surface area contributed by atoms with Gasteiger partial charge < -0.3 is 15.4 Å². The third-order valence-corrected chi connectivity index (χ3v) is 4.04. The minimum absolute atomic E-state index is 0.0586. The Morgan fingerprint density at radius 2 is 2.44 bits per heavy atom. The zero-order chi connectivity index (χ0) is 13.0. The van der Waals surface area contributed by atoms with E-state index in [1.165, 1.54) is 0 Å². The molecule has 98 valence electrons. The first-order valence-corrected chi connectivity index (χ1v) is 6.90. The van der Waals surface area contributed by atoms with E-state index in [4.69, 9.17) is 16.3 Å². The Kier molecular flexibility index (Phi) is 5.00. The molecule has 1 saturated heterocycles. The minimum Gasteiger partial charge on any atom is -0.375 e. The van der Waals surface area contributed by atoms with Crippen LogP contribution in [0.5, 0.6) is 0 Å². The minimum atomic E-state index is -0.0772. The molecule has 1 unspecified atom stereocenters. The first-order chi connectivity index (χ1) is 8.66. The Morgan fingerprint density at radius 1 is 1.61 bits per heavy atom. The molecular formula is C12H14BrClN2O2. The van der Waals surface area contributed by atoms with Crippen molar-refractivity contribution in [2.75, 3.05) is 25.0 Å². The molecule has 1 heterocycles. The summed E-state index contributed by atoms with van der Waals surface area (Å²) in [6.45, 7) is 2.21. The molecule has 1 aromatic rings. The topological polar surface area (TPSA) is 50.4 Å². The third-order valence-electron chi connectivity index (χ3n) is 2.64. The Bertz CT molecular complexity index is 436. The number of nitrogens with one attached hydrogen (secondary N) is 2. The van der Waals surface area contributed by atoms with Crippen LogP contribution in [0, 0.1) is 0 Å². The molecule has 4 nitrogen and oxygen atoms in total.